The molecule has 4 amide bonds. The van der Waals surface area contributed by atoms with E-state index in [2.05, 4.69) is 5.32 Å². The van der Waals surface area contributed by atoms with Crippen molar-refractivity contribution in [1.29, 1.82) is 0 Å². The fourth-order valence-electron chi connectivity index (χ4n) is 4.12. The Labute approximate surface area is 184 Å². The molecule has 2 aliphatic rings. The van der Waals surface area contributed by atoms with Crippen LogP contribution in [0.3, 0.4) is 0 Å². The molecule has 2 aliphatic heterocycles. The van der Waals surface area contributed by atoms with Crippen LogP contribution in [0.15, 0.2) is 72.8 Å². The van der Waals surface area contributed by atoms with E-state index < -0.39 is 17.7 Å². The first-order valence-electron chi connectivity index (χ1n) is 10.3. The molecule has 1 fully saturated rings. The van der Waals surface area contributed by atoms with E-state index in [4.69, 9.17) is 0 Å². The number of amides is 4. The Morgan fingerprint density at radius 1 is 0.812 bits per heavy atom. The molecule has 2 heterocycles. The van der Waals surface area contributed by atoms with Crippen molar-refractivity contribution in [1.82, 2.24) is 0 Å². The molecule has 0 atom stereocenters. The van der Waals surface area contributed by atoms with E-state index in [1.54, 1.807) is 65.6 Å². The molecule has 3 aromatic carbocycles. The normalized spacial score (nSPS) is 15.3. The van der Waals surface area contributed by atoms with Crippen LogP contribution < -0.4 is 15.1 Å². The van der Waals surface area contributed by atoms with Gasteiger partial charge in [0.1, 0.15) is 0 Å². The molecule has 1 saturated heterocycles. The summed E-state index contributed by atoms with van der Waals surface area (Å²) in [6.45, 7) is 0.612. The summed E-state index contributed by atoms with van der Waals surface area (Å²) in [5.74, 6) is -1.20. The van der Waals surface area contributed by atoms with E-state index in [-0.39, 0.29) is 5.91 Å². The van der Waals surface area contributed by atoms with Gasteiger partial charge in [-0.05, 0) is 48.9 Å². The Bertz CT molecular complexity index is 1250. The predicted octanol–water partition coefficient (Wildman–Crippen LogP) is 3.87. The number of para-hydroxylation sites is 2. The smallest absolute Gasteiger partial charge is 0.266 e. The summed E-state index contributed by atoms with van der Waals surface area (Å²) in [6.07, 6.45) is 1.27. The highest BCUT2D eigenvalue weighted by molar-refractivity contribution is 6.34. The van der Waals surface area contributed by atoms with Crippen molar-refractivity contribution in [3.05, 3.63) is 89.5 Å². The summed E-state index contributed by atoms with van der Waals surface area (Å²) < 4.78 is 0. The first-order valence-corrected chi connectivity index (χ1v) is 10.3. The molecule has 7 heteroatoms. The summed E-state index contributed by atoms with van der Waals surface area (Å²) in [5, 5.41) is 2.86. The molecule has 0 spiro atoms. The highest BCUT2D eigenvalue weighted by Gasteiger charge is 2.36. The van der Waals surface area contributed by atoms with Crippen LogP contribution in [-0.4, -0.2) is 30.2 Å². The van der Waals surface area contributed by atoms with Crippen molar-refractivity contribution >= 4 is 40.7 Å². The van der Waals surface area contributed by atoms with Gasteiger partial charge >= 0.3 is 0 Å². The molecule has 0 aliphatic carbocycles. The molecule has 0 bridgehead atoms. The number of carbonyl (C=O) groups is 4. The lowest BCUT2D eigenvalue weighted by atomic mass is 10.1. The highest BCUT2D eigenvalue weighted by Crippen LogP contribution is 2.31. The fraction of sp³-hybridized carbons (Fsp3) is 0.120. The van der Waals surface area contributed by atoms with Gasteiger partial charge in [0.05, 0.1) is 28.2 Å². The second kappa shape index (κ2) is 7.77. The molecule has 5 rings (SSSR count). The van der Waals surface area contributed by atoms with Crippen molar-refractivity contribution < 1.29 is 19.2 Å². The third-order valence-electron chi connectivity index (χ3n) is 5.68. The zero-order valence-corrected chi connectivity index (χ0v) is 17.1. The van der Waals surface area contributed by atoms with Gasteiger partial charge in [-0.25, -0.2) is 4.90 Å². The highest BCUT2D eigenvalue weighted by atomic mass is 16.2. The van der Waals surface area contributed by atoms with E-state index in [0.29, 0.717) is 46.7 Å². The Morgan fingerprint density at radius 3 is 2.19 bits per heavy atom. The average Bonchev–Trinajstić information content (AvgIpc) is 3.35. The van der Waals surface area contributed by atoms with Crippen LogP contribution in [0.25, 0.3) is 0 Å². The van der Waals surface area contributed by atoms with Gasteiger partial charge in [-0.15, -0.1) is 0 Å². The van der Waals surface area contributed by atoms with Gasteiger partial charge in [0.2, 0.25) is 5.91 Å². The van der Waals surface area contributed by atoms with Crippen LogP contribution in [0.1, 0.15) is 43.9 Å². The van der Waals surface area contributed by atoms with Crippen molar-refractivity contribution in [3.63, 3.8) is 0 Å². The Morgan fingerprint density at radius 2 is 1.50 bits per heavy atom. The fourth-order valence-corrected chi connectivity index (χ4v) is 4.12. The quantitative estimate of drug-likeness (QED) is 0.643. The molecule has 7 nitrogen and oxygen atoms in total. The van der Waals surface area contributed by atoms with Crippen LogP contribution in [0.4, 0.5) is 17.1 Å². The topological polar surface area (TPSA) is 86.8 Å². The van der Waals surface area contributed by atoms with Gasteiger partial charge in [-0.3, -0.25) is 19.2 Å². The minimum atomic E-state index is -0.416. The largest absolute Gasteiger partial charge is 0.320 e. The molecule has 158 valence electrons. The predicted molar refractivity (Wildman–Crippen MR) is 120 cm³/mol. The van der Waals surface area contributed by atoms with Crippen molar-refractivity contribution in [2.24, 2.45) is 0 Å². The summed E-state index contributed by atoms with van der Waals surface area (Å²) >= 11 is 0. The number of nitrogens with zero attached hydrogens (tertiary/aromatic N) is 2. The first kappa shape index (κ1) is 19.7. The zero-order chi connectivity index (χ0) is 22.2. The first-order chi connectivity index (χ1) is 15.5. The lowest BCUT2D eigenvalue weighted by Crippen LogP contribution is -2.29. The number of anilines is 3. The standard InChI is InChI=1S/C25H19N3O4/c29-22-13-6-14-27(22)21-12-4-3-11-20(21)26-23(30)16-7-5-8-17(15-16)28-24(31)18-9-1-2-10-19(18)25(28)32/h1-5,7-12,15H,6,13-14H2,(H,26,30). The molecule has 0 saturated carbocycles. The lowest BCUT2D eigenvalue weighted by molar-refractivity contribution is -0.117. The SMILES string of the molecule is O=C(Nc1ccccc1N1CCCC1=O)c1cccc(N2C(=O)c3ccccc3C2=O)c1. The summed E-state index contributed by atoms with van der Waals surface area (Å²) in [4.78, 5) is 53.5. The van der Waals surface area contributed by atoms with Gasteiger partial charge in [-0.1, -0.05) is 30.3 Å². The van der Waals surface area contributed by atoms with Crippen molar-refractivity contribution in [2.45, 2.75) is 12.8 Å². The average molecular weight is 425 g/mol. The van der Waals surface area contributed by atoms with E-state index in [1.807, 2.05) is 6.07 Å². The van der Waals surface area contributed by atoms with Crippen molar-refractivity contribution in [2.75, 3.05) is 21.7 Å². The molecular formula is C25H19N3O4. The maximum absolute atomic E-state index is 13.0. The lowest BCUT2D eigenvalue weighted by Gasteiger charge is -2.20. The number of imide groups is 1. The second-order valence-electron chi connectivity index (χ2n) is 7.66. The molecule has 3 aromatic rings. The van der Waals surface area contributed by atoms with Crippen molar-refractivity contribution in [3.8, 4) is 0 Å². The molecule has 32 heavy (non-hydrogen) atoms. The summed E-state index contributed by atoms with van der Waals surface area (Å²) in [7, 11) is 0. The monoisotopic (exact) mass is 425 g/mol. The van der Waals surface area contributed by atoms with Gasteiger partial charge < -0.3 is 10.2 Å². The third kappa shape index (κ3) is 3.24. The number of fused-ring (bicyclic) bond motifs is 1. The van der Waals surface area contributed by atoms with E-state index in [9.17, 15) is 19.2 Å². The molecule has 0 aromatic heterocycles. The second-order valence-corrected chi connectivity index (χ2v) is 7.66. The van der Waals surface area contributed by atoms with E-state index >= 15 is 0 Å². The number of hydrogen-bond donors (Lipinski definition) is 1. The number of benzene rings is 3. The molecule has 0 radical (unpaired) electrons. The minimum Gasteiger partial charge on any atom is -0.320 e. The van der Waals surface area contributed by atoms with Gasteiger partial charge in [-0.2, -0.15) is 0 Å². The van der Waals surface area contributed by atoms with Gasteiger partial charge in [0.15, 0.2) is 0 Å². The number of carbonyl (C=O) groups excluding carboxylic acids is 4. The van der Waals surface area contributed by atoms with Crippen LogP contribution >= 0.6 is 0 Å². The van der Waals surface area contributed by atoms with Crippen LogP contribution in [0.5, 0.6) is 0 Å². The van der Waals surface area contributed by atoms with Crippen LogP contribution in [-0.2, 0) is 4.79 Å². The maximum atomic E-state index is 13.0. The molecule has 1 N–H and O–H groups in total. The minimum absolute atomic E-state index is 0.0271. The summed E-state index contributed by atoms with van der Waals surface area (Å²) in [6, 6.07) is 20.2. The van der Waals surface area contributed by atoms with Gasteiger partial charge in [0.25, 0.3) is 17.7 Å². The molecular weight excluding hydrogens is 406 g/mol. The molecule has 0 unspecified atom stereocenters. The Kier molecular flexibility index (Phi) is 4.78. The number of hydrogen-bond acceptors (Lipinski definition) is 4. The Balaban J connectivity index is 1.42. The van der Waals surface area contributed by atoms with E-state index in [1.165, 1.54) is 6.07 Å². The van der Waals surface area contributed by atoms with E-state index in [0.717, 1.165) is 11.3 Å². The summed E-state index contributed by atoms with van der Waals surface area (Å²) in [5.41, 5.74) is 2.49. The zero-order valence-electron chi connectivity index (χ0n) is 17.1. The van der Waals surface area contributed by atoms with Crippen LogP contribution in [0.2, 0.25) is 0 Å². The third-order valence-corrected chi connectivity index (χ3v) is 5.68. The maximum Gasteiger partial charge on any atom is 0.266 e. The number of nitrogens with one attached hydrogen (secondary N) is 1. The Hall–Kier alpha value is -4.26. The van der Waals surface area contributed by atoms with Gasteiger partial charge in [0, 0.05) is 18.5 Å². The van der Waals surface area contributed by atoms with Crippen LogP contribution in [0, 0.1) is 0 Å². The number of rotatable bonds is 4.